The summed E-state index contributed by atoms with van der Waals surface area (Å²) < 4.78 is 33.3. The standard InChI is InChI=1S/C24H25ClN2O4S/c1-18(19-9-5-3-6-10-19)16-26-24(28)17-27(22-15-20(25)13-14-23(22)31-2)32(29,30)21-11-7-4-8-12-21/h3-15,18H,16-17H2,1-2H3,(H,26,28). The molecule has 168 valence electrons. The second-order valence-corrected chi connectivity index (χ2v) is 9.56. The van der Waals surface area contributed by atoms with Crippen LogP contribution in [0.25, 0.3) is 0 Å². The lowest BCUT2D eigenvalue weighted by molar-refractivity contribution is -0.119. The predicted molar refractivity (Wildman–Crippen MR) is 127 cm³/mol. The van der Waals surface area contributed by atoms with Crippen LogP contribution in [0.4, 0.5) is 5.69 Å². The summed E-state index contributed by atoms with van der Waals surface area (Å²) >= 11 is 6.14. The Kier molecular flexibility index (Phi) is 7.77. The van der Waals surface area contributed by atoms with Gasteiger partial charge >= 0.3 is 0 Å². The molecular formula is C24H25ClN2O4S. The number of carbonyl (C=O) groups excluding carboxylic acids is 1. The number of halogens is 1. The van der Waals surface area contributed by atoms with Gasteiger partial charge in [-0.05, 0) is 41.8 Å². The van der Waals surface area contributed by atoms with Gasteiger partial charge in [-0.3, -0.25) is 9.10 Å². The minimum Gasteiger partial charge on any atom is -0.495 e. The number of ether oxygens (including phenoxy) is 1. The zero-order valence-electron chi connectivity index (χ0n) is 17.9. The number of hydrogen-bond donors (Lipinski definition) is 1. The van der Waals surface area contributed by atoms with Gasteiger partial charge in [-0.1, -0.05) is 67.1 Å². The molecule has 1 atom stereocenters. The average molecular weight is 473 g/mol. The first-order valence-electron chi connectivity index (χ1n) is 10.1. The molecule has 1 amide bonds. The van der Waals surface area contributed by atoms with Crippen molar-refractivity contribution in [2.45, 2.75) is 17.7 Å². The van der Waals surface area contributed by atoms with E-state index in [1.807, 2.05) is 37.3 Å². The van der Waals surface area contributed by atoms with E-state index in [2.05, 4.69) is 5.32 Å². The predicted octanol–water partition coefficient (Wildman–Crippen LogP) is 4.46. The van der Waals surface area contributed by atoms with E-state index in [0.29, 0.717) is 17.3 Å². The van der Waals surface area contributed by atoms with Gasteiger partial charge in [-0.15, -0.1) is 0 Å². The van der Waals surface area contributed by atoms with Gasteiger partial charge in [0.2, 0.25) is 5.91 Å². The highest BCUT2D eigenvalue weighted by Crippen LogP contribution is 2.34. The molecule has 0 radical (unpaired) electrons. The zero-order valence-corrected chi connectivity index (χ0v) is 19.4. The Hall–Kier alpha value is -3.03. The summed E-state index contributed by atoms with van der Waals surface area (Å²) in [6.45, 7) is 1.94. The summed E-state index contributed by atoms with van der Waals surface area (Å²) in [5, 5.41) is 3.16. The Labute approximate surface area is 193 Å². The van der Waals surface area contributed by atoms with E-state index in [4.69, 9.17) is 16.3 Å². The number of methoxy groups -OCH3 is 1. The number of anilines is 1. The molecule has 1 N–H and O–H groups in total. The highest BCUT2D eigenvalue weighted by molar-refractivity contribution is 7.92. The van der Waals surface area contributed by atoms with Gasteiger partial charge in [0, 0.05) is 11.6 Å². The zero-order chi connectivity index (χ0) is 23.1. The molecule has 8 heteroatoms. The Balaban J connectivity index is 1.88. The number of nitrogens with one attached hydrogen (secondary N) is 1. The van der Waals surface area contributed by atoms with Crippen LogP contribution in [0.2, 0.25) is 5.02 Å². The molecule has 0 saturated carbocycles. The summed E-state index contributed by atoms with van der Waals surface area (Å²) in [5.41, 5.74) is 1.27. The molecule has 0 fully saturated rings. The third-order valence-electron chi connectivity index (χ3n) is 5.00. The number of amides is 1. The molecule has 0 aromatic heterocycles. The van der Waals surface area contributed by atoms with Crippen molar-refractivity contribution < 1.29 is 17.9 Å². The Morgan fingerprint density at radius 1 is 1.03 bits per heavy atom. The lowest BCUT2D eigenvalue weighted by atomic mass is 10.0. The van der Waals surface area contributed by atoms with Gasteiger partial charge in [0.25, 0.3) is 10.0 Å². The lowest BCUT2D eigenvalue weighted by Crippen LogP contribution is -2.42. The van der Waals surface area contributed by atoms with Crippen molar-refractivity contribution in [1.29, 1.82) is 0 Å². The highest BCUT2D eigenvalue weighted by atomic mass is 35.5. The molecule has 0 aliphatic heterocycles. The van der Waals surface area contributed by atoms with Crippen LogP contribution in [-0.4, -0.2) is 34.5 Å². The Morgan fingerprint density at radius 2 is 1.66 bits per heavy atom. The van der Waals surface area contributed by atoms with Crippen molar-refractivity contribution in [2.75, 3.05) is 24.5 Å². The first kappa shape index (κ1) is 23.6. The van der Waals surface area contributed by atoms with Crippen LogP contribution in [0, 0.1) is 0 Å². The SMILES string of the molecule is COc1ccc(Cl)cc1N(CC(=O)NCC(C)c1ccccc1)S(=O)(=O)c1ccccc1. The number of carbonyl (C=O) groups is 1. The van der Waals surface area contributed by atoms with Gasteiger partial charge in [0.1, 0.15) is 12.3 Å². The molecule has 1 unspecified atom stereocenters. The van der Waals surface area contributed by atoms with E-state index in [1.165, 1.54) is 25.3 Å². The van der Waals surface area contributed by atoms with Crippen LogP contribution in [0.1, 0.15) is 18.4 Å². The second kappa shape index (κ2) is 10.5. The molecule has 0 aliphatic rings. The number of benzene rings is 3. The fourth-order valence-corrected chi connectivity index (χ4v) is 4.84. The molecule has 32 heavy (non-hydrogen) atoms. The van der Waals surface area contributed by atoms with E-state index in [0.717, 1.165) is 9.87 Å². The maximum atomic E-state index is 13.5. The maximum Gasteiger partial charge on any atom is 0.264 e. The summed E-state index contributed by atoms with van der Waals surface area (Å²) in [5.74, 6) is -0.0753. The first-order valence-corrected chi connectivity index (χ1v) is 11.9. The number of nitrogens with zero attached hydrogens (tertiary/aromatic N) is 1. The minimum atomic E-state index is -4.06. The lowest BCUT2D eigenvalue weighted by Gasteiger charge is -2.26. The number of hydrogen-bond acceptors (Lipinski definition) is 4. The van der Waals surface area contributed by atoms with Gasteiger partial charge < -0.3 is 10.1 Å². The highest BCUT2D eigenvalue weighted by Gasteiger charge is 2.29. The molecular weight excluding hydrogens is 448 g/mol. The van der Waals surface area contributed by atoms with E-state index in [9.17, 15) is 13.2 Å². The summed E-state index contributed by atoms with van der Waals surface area (Å²) in [6.07, 6.45) is 0. The Bertz CT molecular complexity index is 1160. The van der Waals surface area contributed by atoms with Gasteiger partial charge in [0.15, 0.2) is 0 Å². The van der Waals surface area contributed by atoms with E-state index in [-0.39, 0.29) is 16.5 Å². The van der Waals surface area contributed by atoms with Crippen LogP contribution >= 0.6 is 11.6 Å². The molecule has 3 aromatic rings. The van der Waals surface area contributed by atoms with Crippen LogP contribution < -0.4 is 14.4 Å². The summed E-state index contributed by atoms with van der Waals surface area (Å²) in [6, 6.07) is 22.4. The second-order valence-electron chi connectivity index (χ2n) is 7.26. The molecule has 3 rings (SSSR count). The Morgan fingerprint density at radius 3 is 2.28 bits per heavy atom. The minimum absolute atomic E-state index is 0.0625. The van der Waals surface area contributed by atoms with E-state index >= 15 is 0 Å². The monoisotopic (exact) mass is 472 g/mol. The fraction of sp³-hybridized carbons (Fsp3) is 0.208. The number of rotatable bonds is 9. The van der Waals surface area contributed by atoms with Crippen LogP contribution in [0.3, 0.4) is 0 Å². The van der Waals surface area contributed by atoms with Crippen molar-refractivity contribution in [3.63, 3.8) is 0 Å². The smallest absolute Gasteiger partial charge is 0.264 e. The van der Waals surface area contributed by atoms with Gasteiger partial charge in [0.05, 0.1) is 17.7 Å². The van der Waals surface area contributed by atoms with E-state index < -0.39 is 22.5 Å². The maximum absolute atomic E-state index is 13.5. The van der Waals surface area contributed by atoms with Gasteiger partial charge in [-0.25, -0.2) is 8.42 Å². The molecule has 0 heterocycles. The van der Waals surface area contributed by atoms with Crippen LogP contribution in [0.5, 0.6) is 5.75 Å². The summed E-state index contributed by atoms with van der Waals surface area (Å²) in [7, 11) is -2.62. The van der Waals surface area contributed by atoms with Crippen molar-refractivity contribution in [1.82, 2.24) is 5.32 Å². The quantitative estimate of drug-likeness (QED) is 0.498. The molecule has 0 aliphatic carbocycles. The molecule has 0 bridgehead atoms. The van der Waals surface area contributed by atoms with Gasteiger partial charge in [-0.2, -0.15) is 0 Å². The molecule has 6 nitrogen and oxygen atoms in total. The average Bonchev–Trinajstić information content (AvgIpc) is 2.82. The van der Waals surface area contributed by atoms with E-state index in [1.54, 1.807) is 30.3 Å². The summed E-state index contributed by atoms with van der Waals surface area (Å²) in [4.78, 5) is 12.9. The fourth-order valence-electron chi connectivity index (χ4n) is 3.23. The molecule has 0 saturated heterocycles. The van der Waals surface area contributed by atoms with Crippen molar-refractivity contribution >= 4 is 33.2 Å². The third-order valence-corrected chi connectivity index (χ3v) is 7.01. The van der Waals surface area contributed by atoms with Crippen molar-refractivity contribution in [3.8, 4) is 5.75 Å². The topological polar surface area (TPSA) is 75.7 Å². The normalized spacial score (nSPS) is 12.1. The number of sulfonamides is 1. The van der Waals surface area contributed by atoms with Crippen molar-refractivity contribution in [2.24, 2.45) is 0 Å². The largest absolute Gasteiger partial charge is 0.495 e. The van der Waals surface area contributed by atoms with Crippen LogP contribution in [0.15, 0.2) is 83.8 Å². The van der Waals surface area contributed by atoms with Crippen molar-refractivity contribution in [3.05, 3.63) is 89.4 Å². The first-order chi connectivity index (χ1) is 15.3. The van der Waals surface area contributed by atoms with Crippen LogP contribution in [-0.2, 0) is 14.8 Å². The molecule has 0 spiro atoms. The third kappa shape index (κ3) is 5.60. The molecule has 3 aromatic carbocycles.